The average molecular weight is 298 g/mol. The normalized spacial score (nSPS) is 12.4. The molecule has 2 aromatic carbocycles. The maximum Gasteiger partial charge on any atom is 0.123 e. The van der Waals surface area contributed by atoms with Crippen LogP contribution in [-0.2, 0) is 6.42 Å². The molecular weight excluding hydrogens is 284 g/mol. The first-order valence-corrected chi connectivity index (χ1v) is 6.72. The lowest BCUT2D eigenvalue weighted by atomic mass is 9.99. The molecule has 1 N–H and O–H groups in total. The molecule has 100 valence electrons. The van der Waals surface area contributed by atoms with Gasteiger partial charge >= 0.3 is 0 Å². The van der Waals surface area contributed by atoms with E-state index in [-0.39, 0.29) is 11.9 Å². The van der Waals surface area contributed by atoms with Gasteiger partial charge in [0.1, 0.15) is 5.82 Å². The van der Waals surface area contributed by atoms with E-state index in [1.807, 2.05) is 19.2 Å². The van der Waals surface area contributed by atoms with Crippen molar-refractivity contribution in [2.75, 3.05) is 7.05 Å². The number of rotatable bonds is 4. The molecule has 1 atom stereocenters. The van der Waals surface area contributed by atoms with Crippen LogP contribution in [0.4, 0.5) is 4.39 Å². The first kappa shape index (κ1) is 14.3. The van der Waals surface area contributed by atoms with E-state index in [0.29, 0.717) is 16.5 Å². The number of likely N-dealkylation sites (N-methyl/N-ethyl adjacent to an activating group) is 1. The second-order valence-electron chi connectivity index (χ2n) is 4.34. The van der Waals surface area contributed by atoms with E-state index in [1.54, 1.807) is 18.2 Å². The van der Waals surface area contributed by atoms with Crippen LogP contribution in [0.3, 0.4) is 0 Å². The fourth-order valence-corrected chi connectivity index (χ4v) is 2.48. The van der Waals surface area contributed by atoms with Crippen molar-refractivity contribution in [1.82, 2.24) is 5.32 Å². The molecule has 0 aliphatic rings. The van der Waals surface area contributed by atoms with E-state index in [0.717, 1.165) is 11.1 Å². The average Bonchev–Trinajstić information content (AvgIpc) is 2.39. The summed E-state index contributed by atoms with van der Waals surface area (Å²) >= 11 is 12.2. The largest absolute Gasteiger partial charge is 0.313 e. The summed E-state index contributed by atoms with van der Waals surface area (Å²) < 4.78 is 13.2. The minimum atomic E-state index is -0.232. The summed E-state index contributed by atoms with van der Waals surface area (Å²) in [6.07, 6.45) is 0.647. The van der Waals surface area contributed by atoms with Gasteiger partial charge in [0.05, 0.1) is 0 Å². The minimum absolute atomic E-state index is 0.00648. The van der Waals surface area contributed by atoms with Crippen molar-refractivity contribution in [3.8, 4) is 0 Å². The van der Waals surface area contributed by atoms with Crippen molar-refractivity contribution in [3.05, 3.63) is 69.5 Å². The fraction of sp³-hybridized carbons (Fsp3) is 0.200. The summed E-state index contributed by atoms with van der Waals surface area (Å²) in [5.74, 6) is -0.232. The molecule has 0 fully saturated rings. The van der Waals surface area contributed by atoms with Gasteiger partial charge in [0.2, 0.25) is 0 Å². The second-order valence-corrected chi connectivity index (χ2v) is 5.18. The van der Waals surface area contributed by atoms with Gasteiger partial charge in [-0.05, 0) is 54.9 Å². The molecule has 1 unspecified atom stereocenters. The molecule has 0 aromatic heterocycles. The predicted octanol–water partition coefficient (Wildman–Crippen LogP) is 4.64. The summed E-state index contributed by atoms with van der Waals surface area (Å²) in [6.45, 7) is 0. The highest BCUT2D eigenvalue weighted by Gasteiger charge is 2.14. The van der Waals surface area contributed by atoms with Crippen LogP contribution in [0.25, 0.3) is 0 Å². The Kier molecular flexibility index (Phi) is 4.81. The van der Waals surface area contributed by atoms with Crippen molar-refractivity contribution in [1.29, 1.82) is 0 Å². The maximum atomic E-state index is 13.2. The number of nitrogens with one attached hydrogen (secondary N) is 1. The molecule has 0 aliphatic carbocycles. The summed E-state index contributed by atoms with van der Waals surface area (Å²) in [5, 5.41) is 4.48. The summed E-state index contributed by atoms with van der Waals surface area (Å²) in [5.41, 5.74) is 1.83. The first-order valence-electron chi connectivity index (χ1n) is 5.97. The second kappa shape index (κ2) is 6.38. The van der Waals surface area contributed by atoms with Gasteiger partial charge in [-0.2, -0.15) is 0 Å². The Bertz CT molecular complexity index is 572. The smallest absolute Gasteiger partial charge is 0.123 e. The van der Waals surface area contributed by atoms with Gasteiger partial charge in [0.15, 0.2) is 0 Å². The molecule has 2 rings (SSSR count). The molecule has 0 saturated heterocycles. The van der Waals surface area contributed by atoms with Crippen LogP contribution in [-0.4, -0.2) is 7.05 Å². The molecule has 0 saturated carbocycles. The highest BCUT2D eigenvalue weighted by atomic mass is 35.5. The van der Waals surface area contributed by atoms with E-state index in [2.05, 4.69) is 5.32 Å². The zero-order valence-electron chi connectivity index (χ0n) is 10.5. The van der Waals surface area contributed by atoms with Crippen LogP contribution in [0, 0.1) is 5.82 Å². The number of benzene rings is 2. The monoisotopic (exact) mass is 297 g/mol. The molecule has 0 spiro atoms. The van der Waals surface area contributed by atoms with Gasteiger partial charge in [0.25, 0.3) is 0 Å². The third-order valence-corrected chi connectivity index (χ3v) is 3.59. The number of halogens is 3. The van der Waals surface area contributed by atoms with Crippen LogP contribution in [0.15, 0.2) is 42.5 Å². The van der Waals surface area contributed by atoms with Gasteiger partial charge in [-0.1, -0.05) is 35.3 Å². The summed E-state index contributed by atoms with van der Waals surface area (Å²) in [4.78, 5) is 0. The van der Waals surface area contributed by atoms with Crippen molar-refractivity contribution >= 4 is 23.2 Å². The zero-order chi connectivity index (χ0) is 13.8. The molecule has 0 bridgehead atoms. The SMILES string of the molecule is CNC(Cc1cccc(F)c1)c1cc(Cl)ccc1Cl. The van der Waals surface area contributed by atoms with Crippen LogP contribution in [0.2, 0.25) is 10.0 Å². The predicted molar refractivity (Wildman–Crippen MR) is 78.4 cm³/mol. The Balaban J connectivity index is 2.27. The Labute approximate surface area is 122 Å². The Morgan fingerprint density at radius 1 is 1.16 bits per heavy atom. The molecule has 0 radical (unpaired) electrons. The van der Waals surface area contributed by atoms with Crippen LogP contribution >= 0.6 is 23.2 Å². The first-order chi connectivity index (χ1) is 9.10. The van der Waals surface area contributed by atoms with Crippen molar-refractivity contribution in [2.45, 2.75) is 12.5 Å². The van der Waals surface area contributed by atoms with Gasteiger partial charge in [-0.15, -0.1) is 0 Å². The molecule has 0 aliphatic heterocycles. The van der Waals surface area contributed by atoms with Crippen molar-refractivity contribution in [2.24, 2.45) is 0 Å². The topological polar surface area (TPSA) is 12.0 Å². The molecule has 19 heavy (non-hydrogen) atoms. The van der Waals surface area contributed by atoms with Crippen molar-refractivity contribution in [3.63, 3.8) is 0 Å². The van der Waals surface area contributed by atoms with E-state index in [4.69, 9.17) is 23.2 Å². The molecule has 0 heterocycles. The zero-order valence-corrected chi connectivity index (χ0v) is 12.0. The lowest BCUT2D eigenvalue weighted by Crippen LogP contribution is -2.19. The summed E-state index contributed by atoms with van der Waals surface area (Å²) in [7, 11) is 1.85. The summed E-state index contributed by atoms with van der Waals surface area (Å²) in [6, 6.07) is 11.9. The van der Waals surface area contributed by atoms with Gasteiger partial charge in [-0.3, -0.25) is 0 Å². The van der Waals surface area contributed by atoms with Gasteiger partial charge in [-0.25, -0.2) is 4.39 Å². The highest BCUT2D eigenvalue weighted by Crippen LogP contribution is 2.28. The maximum absolute atomic E-state index is 13.2. The number of hydrogen-bond donors (Lipinski definition) is 1. The highest BCUT2D eigenvalue weighted by molar-refractivity contribution is 6.33. The van der Waals surface area contributed by atoms with E-state index in [9.17, 15) is 4.39 Å². The molecular formula is C15H14Cl2FN. The van der Waals surface area contributed by atoms with Gasteiger partial charge in [0, 0.05) is 16.1 Å². The Morgan fingerprint density at radius 3 is 2.63 bits per heavy atom. The minimum Gasteiger partial charge on any atom is -0.313 e. The quantitative estimate of drug-likeness (QED) is 0.867. The van der Waals surface area contributed by atoms with Crippen LogP contribution < -0.4 is 5.32 Å². The molecule has 0 amide bonds. The van der Waals surface area contributed by atoms with E-state index < -0.39 is 0 Å². The van der Waals surface area contributed by atoms with E-state index in [1.165, 1.54) is 12.1 Å². The molecule has 1 nitrogen and oxygen atoms in total. The Morgan fingerprint density at radius 2 is 1.95 bits per heavy atom. The van der Waals surface area contributed by atoms with Crippen molar-refractivity contribution < 1.29 is 4.39 Å². The molecule has 4 heteroatoms. The lowest BCUT2D eigenvalue weighted by Gasteiger charge is -2.18. The van der Waals surface area contributed by atoms with Crippen LogP contribution in [0.1, 0.15) is 17.2 Å². The molecule has 2 aromatic rings. The third kappa shape index (κ3) is 3.69. The van der Waals surface area contributed by atoms with E-state index >= 15 is 0 Å². The standard InChI is InChI=1S/C15H14Cl2FN/c1-19-15(8-10-3-2-4-12(18)7-10)13-9-11(16)5-6-14(13)17/h2-7,9,15,19H,8H2,1H3. The van der Waals surface area contributed by atoms with Gasteiger partial charge < -0.3 is 5.32 Å². The van der Waals surface area contributed by atoms with Crippen LogP contribution in [0.5, 0.6) is 0 Å². The third-order valence-electron chi connectivity index (χ3n) is 3.01. The fourth-order valence-electron chi connectivity index (χ4n) is 2.05. The Hall–Kier alpha value is -1.09. The number of hydrogen-bond acceptors (Lipinski definition) is 1. The lowest BCUT2D eigenvalue weighted by molar-refractivity contribution is 0.584.